The highest BCUT2D eigenvalue weighted by Gasteiger charge is 2.16. The number of aromatic hydroxyl groups is 1. The van der Waals surface area contributed by atoms with E-state index in [1.54, 1.807) is 6.07 Å². The van der Waals surface area contributed by atoms with Crippen molar-refractivity contribution in [3.8, 4) is 5.75 Å². The Kier molecular flexibility index (Phi) is 7.38. The van der Waals surface area contributed by atoms with Gasteiger partial charge >= 0.3 is 0 Å². The van der Waals surface area contributed by atoms with Crippen molar-refractivity contribution >= 4 is 74.3 Å². The maximum Gasteiger partial charge on any atom is 0.230 e. The molecule has 2 N–H and O–H groups in total. The topological polar surface area (TPSA) is 74.6 Å². The molecule has 0 saturated heterocycles. The number of benzene rings is 2. The van der Waals surface area contributed by atoms with Crippen molar-refractivity contribution in [3.05, 3.63) is 45.9 Å². The van der Waals surface area contributed by atoms with Crippen LogP contribution in [0.15, 0.2) is 39.7 Å². The Morgan fingerprint density at radius 1 is 1.26 bits per heavy atom. The average Bonchev–Trinajstić information content (AvgIpc) is 3.17. The Labute approximate surface area is 198 Å². The molecule has 0 bridgehead atoms. The summed E-state index contributed by atoms with van der Waals surface area (Å²) in [6, 6.07) is 9.09. The molecule has 1 amide bonds. The molecule has 0 aliphatic heterocycles. The number of aromatic nitrogens is 1. The van der Waals surface area contributed by atoms with Gasteiger partial charge in [-0.2, -0.15) is 0 Å². The predicted octanol–water partition coefficient (Wildman–Crippen LogP) is 6.60. The molecule has 3 aromatic rings. The van der Waals surface area contributed by atoms with Gasteiger partial charge in [-0.15, -0.1) is 11.3 Å². The summed E-state index contributed by atoms with van der Waals surface area (Å²) in [5.74, 6) is 0.385. The fourth-order valence-electron chi connectivity index (χ4n) is 3.51. The Hall–Kier alpha value is -1.80. The molecule has 0 radical (unpaired) electrons. The van der Waals surface area contributed by atoms with Gasteiger partial charge in [0.25, 0.3) is 0 Å². The maximum absolute atomic E-state index is 12.2. The highest BCUT2D eigenvalue weighted by molar-refractivity contribution is 8.01. The third kappa shape index (κ3) is 5.92. The van der Waals surface area contributed by atoms with E-state index in [9.17, 15) is 9.90 Å². The molecule has 1 aromatic heterocycles. The molecular weight excluding hydrogens is 473 g/mol. The van der Waals surface area contributed by atoms with Crippen molar-refractivity contribution in [1.82, 2.24) is 10.3 Å². The van der Waals surface area contributed by atoms with Crippen LogP contribution in [-0.2, 0) is 4.79 Å². The van der Waals surface area contributed by atoms with Crippen LogP contribution in [0.2, 0.25) is 10.0 Å². The molecule has 1 fully saturated rings. The third-order valence-electron chi connectivity index (χ3n) is 5.06. The van der Waals surface area contributed by atoms with Gasteiger partial charge in [-0.05, 0) is 43.2 Å². The number of aliphatic imine (C=N–C) groups is 1. The fourth-order valence-corrected chi connectivity index (χ4v) is 5.93. The van der Waals surface area contributed by atoms with Crippen LogP contribution in [0.5, 0.6) is 5.75 Å². The molecule has 9 heteroatoms. The van der Waals surface area contributed by atoms with Crippen LogP contribution in [0.1, 0.15) is 37.7 Å². The molecule has 2 aromatic carbocycles. The lowest BCUT2D eigenvalue weighted by Gasteiger charge is -2.22. The molecule has 0 spiro atoms. The van der Waals surface area contributed by atoms with Gasteiger partial charge in [0.1, 0.15) is 5.75 Å². The summed E-state index contributed by atoms with van der Waals surface area (Å²) >= 11 is 14.9. The number of hydrogen-bond acceptors (Lipinski definition) is 6. The van der Waals surface area contributed by atoms with Gasteiger partial charge < -0.3 is 10.4 Å². The van der Waals surface area contributed by atoms with Crippen LogP contribution in [0.25, 0.3) is 10.2 Å². The number of nitrogens with zero attached hydrogens (tertiary/aromatic N) is 2. The predicted molar refractivity (Wildman–Crippen MR) is 131 cm³/mol. The van der Waals surface area contributed by atoms with Gasteiger partial charge in [-0.1, -0.05) is 54.2 Å². The first kappa shape index (κ1) is 22.4. The molecule has 4 rings (SSSR count). The monoisotopic (exact) mass is 493 g/mol. The zero-order valence-corrected chi connectivity index (χ0v) is 19.8. The van der Waals surface area contributed by atoms with Crippen molar-refractivity contribution in [1.29, 1.82) is 0 Å². The molecule has 1 saturated carbocycles. The van der Waals surface area contributed by atoms with Gasteiger partial charge in [0.15, 0.2) is 4.34 Å². The van der Waals surface area contributed by atoms with Crippen LogP contribution >= 0.6 is 46.3 Å². The quantitative estimate of drug-likeness (QED) is 0.299. The van der Waals surface area contributed by atoms with E-state index in [4.69, 9.17) is 23.2 Å². The summed E-state index contributed by atoms with van der Waals surface area (Å²) in [5, 5.41) is 13.8. The molecule has 1 aliphatic carbocycles. The number of fused-ring (bicyclic) bond motifs is 1. The van der Waals surface area contributed by atoms with E-state index in [-0.39, 0.29) is 16.7 Å². The van der Waals surface area contributed by atoms with Crippen LogP contribution in [0.4, 0.5) is 5.69 Å². The number of thiazole rings is 1. The van der Waals surface area contributed by atoms with Gasteiger partial charge in [0.05, 0.1) is 26.7 Å². The second-order valence-electron chi connectivity index (χ2n) is 7.41. The Morgan fingerprint density at radius 2 is 2.06 bits per heavy atom. The number of rotatable bonds is 6. The minimum atomic E-state index is -0.0566. The largest absolute Gasteiger partial charge is 0.506 e. The highest BCUT2D eigenvalue weighted by Crippen LogP contribution is 2.33. The lowest BCUT2D eigenvalue weighted by Crippen LogP contribution is -2.37. The second kappa shape index (κ2) is 10.2. The number of carbonyl (C=O) groups is 1. The Morgan fingerprint density at radius 3 is 2.87 bits per heavy atom. The van der Waals surface area contributed by atoms with E-state index in [0.717, 1.165) is 33.1 Å². The van der Waals surface area contributed by atoms with Gasteiger partial charge in [-0.3, -0.25) is 9.79 Å². The minimum Gasteiger partial charge on any atom is -0.506 e. The number of thioether (sulfide) groups is 1. The first-order valence-electron chi connectivity index (χ1n) is 10.0. The van der Waals surface area contributed by atoms with E-state index >= 15 is 0 Å². The SMILES string of the molecule is O=C(CSc1nc2ccc(N=Cc3cc(Cl)cc(Cl)c3O)cc2s1)NC1CCCCC1. The lowest BCUT2D eigenvalue weighted by molar-refractivity contribution is -0.119. The molecule has 5 nitrogen and oxygen atoms in total. The van der Waals surface area contributed by atoms with Crippen LogP contribution < -0.4 is 5.32 Å². The summed E-state index contributed by atoms with van der Waals surface area (Å²) in [7, 11) is 0. The standard InChI is InChI=1S/C22H21Cl2N3O2S2/c23-14-8-13(21(29)17(24)9-14)11-25-16-6-7-18-19(10-16)31-22(27-18)30-12-20(28)26-15-4-2-1-3-5-15/h6-11,15,29H,1-5,12H2,(H,26,28). The molecule has 1 heterocycles. The first-order chi connectivity index (χ1) is 15.0. The van der Waals surface area contributed by atoms with Crippen molar-refractivity contribution in [2.45, 2.75) is 42.5 Å². The van der Waals surface area contributed by atoms with Crippen molar-refractivity contribution in [3.63, 3.8) is 0 Å². The number of amides is 1. The summed E-state index contributed by atoms with van der Waals surface area (Å²) in [6.07, 6.45) is 7.36. The summed E-state index contributed by atoms with van der Waals surface area (Å²) < 4.78 is 1.84. The zero-order valence-electron chi connectivity index (χ0n) is 16.6. The minimum absolute atomic E-state index is 0.0566. The van der Waals surface area contributed by atoms with E-state index < -0.39 is 0 Å². The molecule has 31 heavy (non-hydrogen) atoms. The van der Waals surface area contributed by atoms with Crippen molar-refractivity contribution < 1.29 is 9.90 Å². The van der Waals surface area contributed by atoms with Crippen LogP contribution in [0.3, 0.4) is 0 Å². The van der Waals surface area contributed by atoms with Crippen molar-refractivity contribution in [2.24, 2.45) is 4.99 Å². The molecule has 162 valence electrons. The first-order valence-corrected chi connectivity index (χ1v) is 12.6. The lowest BCUT2D eigenvalue weighted by atomic mass is 9.95. The normalized spacial score (nSPS) is 15.0. The molecule has 0 atom stereocenters. The number of phenols is 1. The number of nitrogens with one attached hydrogen (secondary N) is 1. The number of carbonyl (C=O) groups excluding carboxylic acids is 1. The summed E-state index contributed by atoms with van der Waals surface area (Å²) in [4.78, 5) is 21.3. The van der Waals surface area contributed by atoms with Crippen LogP contribution in [0, 0.1) is 0 Å². The Balaban J connectivity index is 1.40. The van der Waals surface area contributed by atoms with Crippen molar-refractivity contribution in [2.75, 3.05) is 5.75 Å². The number of phenolic OH excluding ortho intramolecular Hbond substituents is 1. The number of hydrogen-bond donors (Lipinski definition) is 2. The van der Waals surface area contributed by atoms with Gasteiger partial charge in [-0.25, -0.2) is 4.98 Å². The average molecular weight is 494 g/mol. The smallest absolute Gasteiger partial charge is 0.230 e. The van der Waals surface area contributed by atoms with Gasteiger partial charge in [0.2, 0.25) is 5.91 Å². The third-order valence-corrected chi connectivity index (χ3v) is 7.73. The van der Waals surface area contributed by atoms with Crippen LogP contribution in [-0.4, -0.2) is 34.0 Å². The molecule has 1 aliphatic rings. The van der Waals surface area contributed by atoms with E-state index in [1.807, 2.05) is 18.2 Å². The zero-order chi connectivity index (χ0) is 21.8. The van der Waals surface area contributed by atoms with E-state index in [1.165, 1.54) is 54.6 Å². The maximum atomic E-state index is 12.2. The Bertz CT molecular complexity index is 1130. The molecular formula is C22H21Cl2N3O2S2. The van der Waals surface area contributed by atoms with E-state index in [2.05, 4.69) is 15.3 Å². The number of halogens is 2. The highest BCUT2D eigenvalue weighted by atomic mass is 35.5. The summed E-state index contributed by atoms with van der Waals surface area (Å²) in [6.45, 7) is 0. The summed E-state index contributed by atoms with van der Waals surface area (Å²) in [5.41, 5.74) is 2.04. The fraction of sp³-hybridized carbons (Fsp3) is 0.318. The molecule has 0 unspecified atom stereocenters. The second-order valence-corrected chi connectivity index (χ2v) is 10.5. The van der Waals surface area contributed by atoms with Gasteiger partial charge in [0, 0.05) is 22.8 Å². The van der Waals surface area contributed by atoms with E-state index in [0.29, 0.717) is 22.4 Å².